The molecule has 0 radical (unpaired) electrons. The van der Waals surface area contributed by atoms with E-state index in [0.29, 0.717) is 0 Å². The molecule has 1 saturated heterocycles. The molecule has 14 heavy (non-hydrogen) atoms. The number of rotatable bonds is 1. The summed E-state index contributed by atoms with van der Waals surface area (Å²) in [6.07, 6.45) is 2.64. The van der Waals surface area contributed by atoms with Gasteiger partial charge >= 0.3 is 0 Å². The quantitative estimate of drug-likeness (QED) is 0.767. The molecular formula is C10H15NO2S. The third-order valence-electron chi connectivity index (χ3n) is 2.62. The standard InChI is InChI=1S/C10H15NO2S/c1-8-10(9-4-2-6-13-9)11-5-3-7-14(8)12/h2,4,6,8,10-11H,3,5,7H2,1H3. The highest BCUT2D eigenvalue weighted by Gasteiger charge is 2.27. The predicted octanol–water partition coefficient (Wildman–Crippen LogP) is 1.45. The van der Waals surface area contributed by atoms with Gasteiger partial charge < -0.3 is 9.73 Å². The maximum atomic E-state index is 11.7. The maximum Gasteiger partial charge on any atom is 0.121 e. The minimum Gasteiger partial charge on any atom is -0.468 e. The van der Waals surface area contributed by atoms with Crippen LogP contribution in [0.2, 0.25) is 0 Å². The summed E-state index contributed by atoms with van der Waals surface area (Å²) < 4.78 is 17.1. The van der Waals surface area contributed by atoms with Crippen molar-refractivity contribution in [2.75, 3.05) is 12.3 Å². The van der Waals surface area contributed by atoms with E-state index in [0.717, 1.165) is 24.5 Å². The fraction of sp³-hybridized carbons (Fsp3) is 0.600. The Balaban J connectivity index is 2.20. The zero-order valence-corrected chi connectivity index (χ0v) is 9.05. The van der Waals surface area contributed by atoms with Gasteiger partial charge in [-0.3, -0.25) is 4.21 Å². The molecule has 1 aromatic heterocycles. The van der Waals surface area contributed by atoms with Crippen LogP contribution in [0.3, 0.4) is 0 Å². The lowest BCUT2D eigenvalue weighted by molar-refractivity contribution is 0.413. The molecule has 0 saturated carbocycles. The molecule has 1 N–H and O–H groups in total. The smallest absolute Gasteiger partial charge is 0.121 e. The molecule has 78 valence electrons. The molecule has 0 bridgehead atoms. The highest BCUT2D eigenvalue weighted by atomic mass is 32.2. The van der Waals surface area contributed by atoms with Crippen LogP contribution in [0, 0.1) is 0 Å². The zero-order valence-electron chi connectivity index (χ0n) is 8.23. The van der Waals surface area contributed by atoms with E-state index < -0.39 is 10.8 Å². The van der Waals surface area contributed by atoms with Gasteiger partial charge in [0.2, 0.25) is 0 Å². The second-order valence-electron chi connectivity index (χ2n) is 3.59. The van der Waals surface area contributed by atoms with Gasteiger partial charge in [0.1, 0.15) is 5.76 Å². The number of hydrogen-bond donors (Lipinski definition) is 1. The molecule has 2 rings (SSSR count). The summed E-state index contributed by atoms with van der Waals surface area (Å²) >= 11 is 0. The monoisotopic (exact) mass is 213 g/mol. The van der Waals surface area contributed by atoms with Crippen LogP contribution >= 0.6 is 0 Å². The molecule has 0 aliphatic carbocycles. The van der Waals surface area contributed by atoms with Crippen LogP contribution in [0.15, 0.2) is 22.8 Å². The van der Waals surface area contributed by atoms with Gasteiger partial charge in [-0.1, -0.05) is 0 Å². The van der Waals surface area contributed by atoms with E-state index in [1.54, 1.807) is 6.26 Å². The molecule has 1 fully saturated rings. The van der Waals surface area contributed by atoms with Crippen LogP contribution in [0.1, 0.15) is 25.1 Å². The lowest BCUT2D eigenvalue weighted by Crippen LogP contribution is -2.30. The Labute approximate surface area is 86.3 Å². The molecule has 1 aliphatic rings. The van der Waals surface area contributed by atoms with Crippen molar-refractivity contribution in [1.82, 2.24) is 5.32 Å². The lowest BCUT2D eigenvalue weighted by atomic mass is 10.1. The molecule has 3 nitrogen and oxygen atoms in total. The van der Waals surface area contributed by atoms with Crippen molar-refractivity contribution in [3.63, 3.8) is 0 Å². The number of nitrogens with one attached hydrogen (secondary N) is 1. The first kappa shape index (κ1) is 9.93. The summed E-state index contributed by atoms with van der Waals surface area (Å²) in [6.45, 7) is 2.93. The largest absolute Gasteiger partial charge is 0.468 e. The van der Waals surface area contributed by atoms with Crippen molar-refractivity contribution in [2.45, 2.75) is 24.6 Å². The van der Waals surface area contributed by atoms with Crippen molar-refractivity contribution in [3.05, 3.63) is 24.2 Å². The van der Waals surface area contributed by atoms with E-state index in [4.69, 9.17) is 4.42 Å². The first-order valence-corrected chi connectivity index (χ1v) is 6.31. The minimum absolute atomic E-state index is 0.105. The Morgan fingerprint density at radius 1 is 1.64 bits per heavy atom. The second-order valence-corrected chi connectivity index (χ2v) is 5.50. The van der Waals surface area contributed by atoms with Crippen molar-refractivity contribution < 1.29 is 8.63 Å². The Morgan fingerprint density at radius 3 is 3.21 bits per heavy atom. The average molecular weight is 213 g/mol. The van der Waals surface area contributed by atoms with E-state index in [9.17, 15) is 4.21 Å². The fourth-order valence-corrected chi connectivity index (χ4v) is 3.11. The summed E-state index contributed by atoms with van der Waals surface area (Å²) in [7, 11) is -0.740. The minimum atomic E-state index is -0.740. The molecule has 3 atom stereocenters. The second kappa shape index (κ2) is 4.28. The van der Waals surface area contributed by atoms with Crippen molar-refractivity contribution in [2.24, 2.45) is 0 Å². The van der Waals surface area contributed by atoms with Gasteiger partial charge in [0.25, 0.3) is 0 Å². The topological polar surface area (TPSA) is 42.2 Å². The van der Waals surface area contributed by atoms with Crippen LogP contribution in [-0.2, 0) is 10.8 Å². The van der Waals surface area contributed by atoms with Crippen molar-refractivity contribution >= 4 is 10.8 Å². The van der Waals surface area contributed by atoms with Crippen LogP contribution in [0.4, 0.5) is 0 Å². The molecule has 1 aliphatic heterocycles. The summed E-state index contributed by atoms with van der Waals surface area (Å²) in [6, 6.07) is 3.92. The van der Waals surface area contributed by atoms with Gasteiger partial charge in [-0.05, 0) is 32.0 Å². The summed E-state index contributed by atoms with van der Waals surface area (Å²) in [5.41, 5.74) is 0. The van der Waals surface area contributed by atoms with Gasteiger partial charge in [0, 0.05) is 16.6 Å². The predicted molar refractivity (Wildman–Crippen MR) is 56.5 cm³/mol. The van der Waals surface area contributed by atoms with Gasteiger partial charge in [0.05, 0.1) is 17.6 Å². The van der Waals surface area contributed by atoms with Crippen LogP contribution in [0.5, 0.6) is 0 Å². The van der Waals surface area contributed by atoms with E-state index in [1.165, 1.54) is 0 Å². The van der Waals surface area contributed by atoms with Crippen LogP contribution < -0.4 is 5.32 Å². The summed E-state index contributed by atoms with van der Waals surface area (Å²) in [5.74, 6) is 1.69. The third kappa shape index (κ3) is 1.91. The van der Waals surface area contributed by atoms with Gasteiger partial charge in [-0.25, -0.2) is 0 Å². The lowest BCUT2D eigenvalue weighted by Gasteiger charge is -2.19. The van der Waals surface area contributed by atoms with E-state index >= 15 is 0 Å². The molecule has 0 amide bonds. The Kier molecular flexibility index (Phi) is 3.03. The first-order chi connectivity index (χ1) is 6.79. The first-order valence-electron chi connectivity index (χ1n) is 4.93. The highest BCUT2D eigenvalue weighted by molar-refractivity contribution is 7.85. The van der Waals surface area contributed by atoms with E-state index in [-0.39, 0.29) is 11.3 Å². The Hall–Kier alpha value is -0.610. The van der Waals surface area contributed by atoms with Crippen LogP contribution in [-0.4, -0.2) is 21.8 Å². The highest BCUT2D eigenvalue weighted by Crippen LogP contribution is 2.23. The SMILES string of the molecule is CC1C(c2ccco2)NCCCS1=O. The fourth-order valence-electron chi connectivity index (χ4n) is 1.78. The van der Waals surface area contributed by atoms with Gasteiger partial charge in [0.15, 0.2) is 0 Å². The summed E-state index contributed by atoms with van der Waals surface area (Å²) in [5, 5.41) is 3.51. The molecule has 2 heterocycles. The number of hydrogen-bond acceptors (Lipinski definition) is 3. The molecule has 0 aromatic carbocycles. The Morgan fingerprint density at radius 2 is 2.50 bits per heavy atom. The van der Waals surface area contributed by atoms with Crippen molar-refractivity contribution in [1.29, 1.82) is 0 Å². The average Bonchev–Trinajstić information content (AvgIpc) is 2.64. The molecule has 4 heteroatoms. The van der Waals surface area contributed by atoms with Crippen LogP contribution in [0.25, 0.3) is 0 Å². The number of furan rings is 1. The molecule has 1 aromatic rings. The van der Waals surface area contributed by atoms with Crippen molar-refractivity contribution in [3.8, 4) is 0 Å². The van der Waals surface area contributed by atoms with Gasteiger partial charge in [-0.15, -0.1) is 0 Å². The van der Waals surface area contributed by atoms with Gasteiger partial charge in [-0.2, -0.15) is 0 Å². The molecular weight excluding hydrogens is 198 g/mol. The zero-order chi connectivity index (χ0) is 9.97. The van der Waals surface area contributed by atoms with E-state index in [2.05, 4.69) is 5.32 Å². The Bertz CT molecular complexity index is 310. The molecule has 3 unspecified atom stereocenters. The normalized spacial score (nSPS) is 33.9. The molecule has 0 spiro atoms. The maximum absolute atomic E-state index is 11.7. The summed E-state index contributed by atoms with van der Waals surface area (Å²) in [4.78, 5) is 0. The third-order valence-corrected chi connectivity index (χ3v) is 4.41. The van der Waals surface area contributed by atoms with E-state index in [1.807, 2.05) is 19.1 Å².